The summed E-state index contributed by atoms with van der Waals surface area (Å²) < 4.78 is 1.30. The van der Waals surface area contributed by atoms with Crippen LogP contribution < -0.4 is 11.1 Å². The number of nitrogens with one attached hydrogen (secondary N) is 1. The van der Waals surface area contributed by atoms with E-state index in [4.69, 9.17) is 5.73 Å². The zero-order chi connectivity index (χ0) is 14.7. The topological polar surface area (TPSA) is 90.0 Å². The number of carbonyl (C=O) groups is 2. The predicted molar refractivity (Wildman–Crippen MR) is 77.9 cm³/mol. The van der Waals surface area contributed by atoms with Crippen molar-refractivity contribution in [3.05, 3.63) is 24.0 Å². The fraction of sp³-hybridized carbons (Fsp3) is 0.357. The van der Waals surface area contributed by atoms with Crippen LogP contribution in [0.25, 0.3) is 11.0 Å². The first-order chi connectivity index (χ1) is 9.56. The maximum atomic E-state index is 12.2. The number of unbranched alkanes of at least 4 members (excludes halogenated alkanes) is 1. The molecule has 6 nitrogen and oxygen atoms in total. The smallest absolute Gasteiger partial charge is 0.327 e. The van der Waals surface area contributed by atoms with E-state index in [1.54, 1.807) is 18.2 Å². The zero-order valence-corrected chi connectivity index (χ0v) is 11.6. The van der Waals surface area contributed by atoms with Crippen molar-refractivity contribution in [3.8, 4) is 0 Å². The van der Waals surface area contributed by atoms with Gasteiger partial charge in [-0.2, -0.15) is 0 Å². The van der Waals surface area contributed by atoms with Gasteiger partial charge in [0.15, 0.2) is 11.6 Å². The molecule has 0 aliphatic heterocycles. The quantitative estimate of drug-likeness (QED) is 0.508. The molecule has 0 saturated heterocycles. The summed E-state index contributed by atoms with van der Waals surface area (Å²) in [5, 5.41) is 2.78. The second kappa shape index (κ2) is 5.73. The number of carbonyl (C=O) groups excluding carboxylic acids is 2. The number of rotatable bonds is 4. The van der Waals surface area contributed by atoms with Gasteiger partial charge in [0.25, 0.3) is 0 Å². The summed E-state index contributed by atoms with van der Waals surface area (Å²) in [7, 11) is 0. The average molecular weight is 274 g/mol. The number of ketones is 1. The number of hydrogen-bond donors (Lipinski definition) is 2. The molecule has 106 valence electrons. The van der Waals surface area contributed by atoms with Crippen LogP contribution in [-0.2, 0) is 0 Å². The van der Waals surface area contributed by atoms with Crippen molar-refractivity contribution < 1.29 is 9.59 Å². The molecule has 0 fully saturated rings. The fourth-order valence-electron chi connectivity index (χ4n) is 2.01. The second-order valence-electron chi connectivity index (χ2n) is 4.63. The first-order valence-corrected chi connectivity index (χ1v) is 6.62. The molecule has 1 amide bonds. The van der Waals surface area contributed by atoms with Crippen LogP contribution in [0.2, 0.25) is 0 Å². The first-order valence-electron chi connectivity index (χ1n) is 6.62. The van der Waals surface area contributed by atoms with E-state index < -0.39 is 0 Å². The SMILES string of the molecule is CCCCNC(=O)n1c(C(C)=O)nc2c(N)cccc21. The summed E-state index contributed by atoms with van der Waals surface area (Å²) in [6, 6.07) is 4.80. The number of para-hydroxylation sites is 1. The largest absolute Gasteiger partial charge is 0.397 e. The third kappa shape index (κ3) is 2.49. The van der Waals surface area contributed by atoms with E-state index in [-0.39, 0.29) is 17.6 Å². The van der Waals surface area contributed by atoms with Crippen LogP contribution in [-0.4, -0.2) is 27.9 Å². The number of nitrogens with zero attached hydrogens (tertiary/aromatic N) is 2. The summed E-state index contributed by atoms with van der Waals surface area (Å²) in [6.45, 7) is 3.99. The van der Waals surface area contributed by atoms with Gasteiger partial charge in [-0.25, -0.2) is 14.3 Å². The fourth-order valence-corrected chi connectivity index (χ4v) is 2.01. The van der Waals surface area contributed by atoms with Gasteiger partial charge in [-0.05, 0) is 18.6 Å². The van der Waals surface area contributed by atoms with E-state index in [0.717, 1.165) is 12.8 Å². The van der Waals surface area contributed by atoms with Crippen molar-refractivity contribution in [2.75, 3.05) is 12.3 Å². The number of nitrogen functional groups attached to an aromatic ring is 1. The number of fused-ring (bicyclic) bond motifs is 1. The summed E-state index contributed by atoms with van der Waals surface area (Å²) in [4.78, 5) is 28.1. The Morgan fingerprint density at radius 2 is 2.15 bits per heavy atom. The number of imidazole rings is 1. The minimum absolute atomic E-state index is 0.104. The highest BCUT2D eigenvalue weighted by atomic mass is 16.2. The van der Waals surface area contributed by atoms with E-state index >= 15 is 0 Å². The molecule has 6 heteroatoms. The molecule has 0 spiro atoms. The molecule has 0 bridgehead atoms. The van der Waals surface area contributed by atoms with Crippen molar-refractivity contribution in [2.24, 2.45) is 0 Å². The molecule has 1 aromatic heterocycles. The summed E-state index contributed by atoms with van der Waals surface area (Å²) in [6.07, 6.45) is 1.87. The zero-order valence-electron chi connectivity index (χ0n) is 11.6. The molecule has 20 heavy (non-hydrogen) atoms. The number of hydrogen-bond acceptors (Lipinski definition) is 4. The molecular weight excluding hydrogens is 256 g/mol. The Morgan fingerprint density at radius 3 is 2.80 bits per heavy atom. The predicted octanol–water partition coefficient (Wildman–Crippen LogP) is 2.18. The van der Waals surface area contributed by atoms with Crippen LogP contribution in [0.4, 0.5) is 10.5 Å². The van der Waals surface area contributed by atoms with Crippen LogP contribution in [0, 0.1) is 0 Å². The molecule has 0 atom stereocenters. The van der Waals surface area contributed by atoms with Gasteiger partial charge in [0.1, 0.15) is 5.52 Å². The van der Waals surface area contributed by atoms with Gasteiger partial charge in [-0.1, -0.05) is 19.4 Å². The minimum atomic E-state index is -0.350. The van der Waals surface area contributed by atoms with Crippen molar-refractivity contribution in [2.45, 2.75) is 26.7 Å². The Hall–Kier alpha value is -2.37. The molecule has 1 aromatic carbocycles. The van der Waals surface area contributed by atoms with E-state index in [9.17, 15) is 9.59 Å². The highest BCUT2D eigenvalue weighted by molar-refractivity contribution is 6.03. The summed E-state index contributed by atoms with van der Waals surface area (Å²) in [5.74, 6) is -0.168. The van der Waals surface area contributed by atoms with Gasteiger partial charge < -0.3 is 11.1 Å². The third-order valence-corrected chi connectivity index (χ3v) is 3.04. The monoisotopic (exact) mass is 274 g/mol. The van der Waals surface area contributed by atoms with Crippen molar-refractivity contribution >= 4 is 28.5 Å². The minimum Gasteiger partial charge on any atom is -0.397 e. The lowest BCUT2D eigenvalue weighted by Gasteiger charge is -2.08. The summed E-state index contributed by atoms with van der Waals surface area (Å²) >= 11 is 0. The lowest BCUT2D eigenvalue weighted by atomic mass is 10.3. The van der Waals surface area contributed by atoms with Gasteiger partial charge in [-0.3, -0.25) is 4.79 Å². The van der Waals surface area contributed by atoms with Crippen LogP contribution in [0.3, 0.4) is 0 Å². The molecule has 0 unspecified atom stereocenters. The maximum Gasteiger partial charge on any atom is 0.327 e. The van der Waals surface area contributed by atoms with Gasteiger partial charge in [0.2, 0.25) is 0 Å². The molecule has 0 aliphatic carbocycles. The normalized spacial score (nSPS) is 10.7. The number of anilines is 1. The van der Waals surface area contributed by atoms with Gasteiger partial charge in [-0.15, -0.1) is 0 Å². The van der Waals surface area contributed by atoms with Gasteiger partial charge >= 0.3 is 6.03 Å². The van der Waals surface area contributed by atoms with Crippen LogP contribution in [0.1, 0.15) is 37.3 Å². The Kier molecular flexibility index (Phi) is 4.02. The Labute approximate surface area is 117 Å². The highest BCUT2D eigenvalue weighted by Gasteiger charge is 2.20. The van der Waals surface area contributed by atoms with E-state index in [0.29, 0.717) is 23.3 Å². The number of aromatic nitrogens is 2. The van der Waals surface area contributed by atoms with Gasteiger partial charge in [0, 0.05) is 13.5 Å². The van der Waals surface area contributed by atoms with E-state index in [1.165, 1.54) is 11.5 Å². The number of amides is 1. The number of Topliss-reactive ketones (excluding diaryl/α,β-unsaturated/α-hetero) is 1. The Morgan fingerprint density at radius 1 is 1.40 bits per heavy atom. The van der Waals surface area contributed by atoms with Crippen LogP contribution in [0.5, 0.6) is 0 Å². The third-order valence-electron chi connectivity index (χ3n) is 3.04. The van der Waals surface area contributed by atoms with Gasteiger partial charge in [0.05, 0.1) is 11.2 Å². The highest BCUT2D eigenvalue weighted by Crippen LogP contribution is 2.21. The van der Waals surface area contributed by atoms with E-state index in [2.05, 4.69) is 10.3 Å². The van der Waals surface area contributed by atoms with Crippen LogP contribution >= 0.6 is 0 Å². The second-order valence-corrected chi connectivity index (χ2v) is 4.63. The molecule has 1 heterocycles. The Bertz CT molecular complexity index is 660. The average Bonchev–Trinajstić information content (AvgIpc) is 2.80. The molecule has 2 rings (SSSR count). The lowest BCUT2D eigenvalue weighted by Crippen LogP contribution is -2.31. The molecule has 2 aromatic rings. The van der Waals surface area contributed by atoms with Crippen molar-refractivity contribution in [1.29, 1.82) is 0 Å². The molecule has 0 saturated carbocycles. The van der Waals surface area contributed by atoms with Crippen molar-refractivity contribution in [1.82, 2.24) is 14.9 Å². The molecular formula is C14H18N4O2. The first kappa shape index (κ1) is 14.0. The standard InChI is InChI=1S/C14H18N4O2/c1-3-4-8-16-14(20)18-11-7-5-6-10(15)12(11)17-13(18)9(2)19/h5-7H,3-4,8,15H2,1-2H3,(H,16,20). The van der Waals surface area contributed by atoms with Crippen LogP contribution in [0.15, 0.2) is 18.2 Å². The molecule has 3 N–H and O–H groups in total. The van der Waals surface area contributed by atoms with E-state index in [1.807, 2.05) is 6.92 Å². The maximum absolute atomic E-state index is 12.2. The summed E-state index contributed by atoms with van der Waals surface area (Å²) in [5.41, 5.74) is 7.31. The number of nitrogens with two attached hydrogens (primary N) is 1. The lowest BCUT2D eigenvalue weighted by molar-refractivity contribution is 0.100. The number of benzene rings is 1. The molecule has 0 aliphatic rings. The Balaban J connectivity index is 2.49. The van der Waals surface area contributed by atoms with Crippen molar-refractivity contribution in [3.63, 3.8) is 0 Å². The molecule has 0 radical (unpaired) electrons.